The molecule has 1 aromatic heterocycles. The van der Waals surface area contributed by atoms with Gasteiger partial charge < -0.3 is 10.3 Å². The molecule has 112 valence electrons. The summed E-state index contributed by atoms with van der Waals surface area (Å²) in [6.07, 6.45) is 3.75. The van der Waals surface area contributed by atoms with Gasteiger partial charge in [0, 0.05) is 0 Å². The molecular weight excluding hydrogens is 337 g/mol. The summed E-state index contributed by atoms with van der Waals surface area (Å²) in [4.78, 5) is 4.34. The largest absolute Gasteiger partial charge is 0.334 e. The molecule has 0 aliphatic heterocycles. The van der Waals surface area contributed by atoms with Gasteiger partial charge in [-0.05, 0) is 59.7 Å². The standard InChI is InChI=1S/C15H17BrFN3O/c1-9-5-7-15(18,8-6-9)14-19-13(21-20-14)10-3-2-4-11(16)12(10)17/h2-4,9H,5-8,18H2,1H3. The summed E-state index contributed by atoms with van der Waals surface area (Å²) in [5.74, 6) is 0.919. The van der Waals surface area contributed by atoms with Crippen molar-refractivity contribution >= 4 is 15.9 Å². The lowest BCUT2D eigenvalue weighted by atomic mass is 9.77. The molecule has 4 nitrogen and oxygen atoms in total. The number of hydrogen-bond donors (Lipinski definition) is 1. The Labute approximate surface area is 131 Å². The molecule has 0 amide bonds. The minimum absolute atomic E-state index is 0.173. The van der Waals surface area contributed by atoms with Crippen LogP contribution in [-0.4, -0.2) is 10.1 Å². The highest BCUT2D eigenvalue weighted by molar-refractivity contribution is 9.10. The molecule has 1 aliphatic carbocycles. The smallest absolute Gasteiger partial charge is 0.261 e. The van der Waals surface area contributed by atoms with Crippen molar-refractivity contribution in [3.63, 3.8) is 0 Å². The van der Waals surface area contributed by atoms with Crippen molar-refractivity contribution in [3.05, 3.63) is 34.3 Å². The van der Waals surface area contributed by atoms with Crippen molar-refractivity contribution in [1.29, 1.82) is 0 Å². The minimum atomic E-state index is -0.559. The van der Waals surface area contributed by atoms with Crippen LogP contribution in [0.25, 0.3) is 11.5 Å². The minimum Gasteiger partial charge on any atom is -0.334 e. The molecular formula is C15H17BrFN3O. The zero-order valence-corrected chi connectivity index (χ0v) is 13.4. The highest BCUT2D eigenvalue weighted by Gasteiger charge is 2.36. The van der Waals surface area contributed by atoms with Gasteiger partial charge in [0.1, 0.15) is 5.82 Å². The number of nitrogens with two attached hydrogens (primary N) is 1. The van der Waals surface area contributed by atoms with Crippen molar-refractivity contribution in [1.82, 2.24) is 10.1 Å². The molecule has 0 saturated heterocycles. The van der Waals surface area contributed by atoms with Crippen molar-refractivity contribution in [3.8, 4) is 11.5 Å². The van der Waals surface area contributed by atoms with E-state index < -0.39 is 11.4 Å². The van der Waals surface area contributed by atoms with E-state index in [0.29, 0.717) is 16.2 Å². The highest BCUT2D eigenvalue weighted by Crippen LogP contribution is 2.37. The first-order valence-corrected chi connectivity index (χ1v) is 7.86. The number of rotatable bonds is 2. The molecule has 1 fully saturated rings. The number of halogens is 2. The van der Waals surface area contributed by atoms with E-state index in [0.717, 1.165) is 25.7 Å². The highest BCUT2D eigenvalue weighted by atomic mass is 79.9. The Morgan fingerprint density at radius 2 is 2.10 bits per heavy atom. The summed E-state index contributed by atoms with van der Waals surface area (Å²) in [5.41, 5.74) is 6.14. The second kappa shape index (κ2) is 5.50. The van der Waals surface area contributed by atoms with Gasteiger partial charge in [-0.25, -0.2) is 4.39 Å². The monoisotopic (exact) mass is 353 g/mol. The molecule has 6 heteroatoms. The van der Waals surface area contributed by atoms with Gasteiger partial charge >= 0.3 is 0 Å². The van der Waals surface area contributed by atoms with Crippen LogP contribution in [0, 0.1) is 11.7 Å². The molecule has 0 atom stereocenters. The van der Waals surface area contributed by atoms with Gasteiger partial charge in [-0.15, -0.1) is 0 Å². The maximum atomic E-state index is 14.1. The molecule has 21 heavy (non-hydrogen) atoms. The molecule has 1 saturated carbocycles. The van der Waals surface area contributed by atoms with Gasteiger partial charge in [0.05, 0.1) is 15.6 Å². The summed E-state index contributed by atoms with van der Waals surface area (Å²) >= 11 is 3.15. The molecule has 2 N–H and O–H groups in total. The number of hydrogen-bond acceptors (Lipinski definition) is 4. The third-order valence-corrected chi connectivity index (χ3v) is 4.83. The predicted octanol–water partition coefficient (Wildman–Crippen LogP) is 4.00. The van der Waals surface area contributed by atoms with Crippen LogP contribution in [0.15, 0.2) is 27.2 Å². The Morgan fingerprint density at radius 3 is 2.81 bits per heavy atom. The van der Waals surface area contributed by atoms with Gasteiger partial charge in [0.15, 0.2) is 5.82 Å². The Bertz CT molecular complexity index is 650. The van der Waals surface area contributed by atoms with E-state index in [2.05, 4.69) is 33.0 Å². The van der Waals surface area contributed by atoms with Crippen LogP contribution in [0.3, 0.4) is 0 Å². The van der Waals surface area contributed by atoms with Crippen molar-refractivity contribution < 1.29 is 8.91 Å². The molecule has 0 radical (unpaired) electrons. The zero-order chi connectivity index (χ0) is 15.0. The molecule has 0 bridgehead atoms. The van der Waals surface area contributed by atoms with E-state index in [1.54, 1.807) is 18.2 Å². The first-order valence-electron chi connectivity index (χ1n) is 7.07. The quantitative estimate of drug-likeness (QED) is 0.885. The SMILES string of the molecule is CC1CCC(N)(c2noc(-c3cccc(Br)c3F)n2)CC1. The molecule has 1 aliphatic rings. The van der Waals surface area contributed by atoms with E-state index >= 15 is 0 Å². The Kier molecular flexibility index (Phi) is 3.84. The fourth-order valence-corrected chi connectivity index (χ4v) is 3.07. The second-order valence-corrected chi connectivity index (χ2v) is 6.72. The first kappa shape index (κ1) is 14.7. The van der Waals surface area contributed by atoms with Crippen LogP contribution in [0.2, 0.25) is 0 Å². The second-order valence-electron chi connectivity index (χ2n) is 5.86. The maximum Gasteiger partial charge on any atom is 0.261 e. The summed E-state index contributed by atoms with van der Waals surface area (Å²) in [6, 6.07) is 4.97. The summed E-state index contributed by atoms with van der Waals surface area (Å²) < 4.78 is 19.7. The number of aromatic nitrogens is 2. The van der Waals surface area contributed by atoms with E-state index in [1.807, 2.05) is 0 Å². The third-order valence-electron chi connectivity index (χ3n) is 4.22. The van der Waals surface area contributed by atoms with Crippen LogP contribution in [-0.2, 0) is 5.54 Å². The van der Waals surface area contributed by atoms with E-state index in [4.69, 9.17) is 10.3 Å². The van der Waals surface area contributed by atoms with E-state index in [-0.39, 0.29) is 11.5 Å². The lowest BCUT2D eigenvalue weighted by Crippen LogP contribution is -2.41. The third kappa shape index (κ3) is 2.74. The predicted molar refractivity (Wildman–Crippen MR) is 80.9 cm³/mol. The normalized spacial score (nSPS) is 26.0. The summed E-state index contributed by atoms with van der Waals surface area (Å²) in [5, 5.41) is 3.99. The summed E-state index contributed by atoms with van der Waals surface area (Å²) in [7, 11) is 0. The molecule has 3 rings (SSSR count). The van der Waals surface area contributed by atoms with Crippen molar-refractivity contribution in [2.45, 2.75) is 38.1 Å². The Morgan fingerprint density at radius 1 is 1.38 bits per heavy atom. The van der Waals surface area contributed by atoms with E-state index in [9.17, 15) is 4.39 Å². The van der Waals surface area contributed by atoms with Gasteiger partial charge in [0.2, 0.25) is 0 Å². The zero-order valence-electron chi connectivity index (χ0n) is 11.8. The van der Waals surface area contributed by atoms with E-state index in [1.165, 1.54) is 0 Å². The van der Waals surface area contributed by atoms with Crippen molar-refractivity contribution in [2.24, 2.45) is 11.7 Å². The Hall–Kier alpha value is -1.27. The maximum absolute atomic E-state index is 14.1. The lowest BCUT2D eigenvalue weighted by Gasteiger charge is -2.33. The average molecular weight is 354 g/mol. The van der Waals surface area contributed by atoms with Crippen LogP contribution >= 0.6 is 15.9 Å². The van der Waals surface area contributed by atoms with Crippen LogP contribution in [0.1, 0.15) is 38.4 Å². The molecule has 0 unspecified atom stereocenters. The van der Waals surface area contributed by atoms with Gasteiger partial charge in [0.25, 0.3) is 5.89 Å². The van der Waals surface area contributed by atoms with Gasteiger partial charge in [-0.1, -0.05) is 18.1 Å². The van der Waals surface area contributed by atoms with Crippen LogP contribution < -0.4 is 5.73 Å². The van der Waals surface area contributed by atoms with Crippen LogP contribution in [0.5, 0.6) is 0 Å². The molecule has 2 aromatic rings. The fourth-order valence-electron chi connectivity index (χ4n) is 2.70. The number of nitrogens with zero attached hydrogens (tertiary/aromatic N) is 2. The first-order chi connectivity index (χ1) is 9.99. The molecule has 0 spiro atoms. The fraction of sp³-hybridized carbons (Fsp3) is 0.467. The summed E-state index contributed by atoms with van der Waals surface area (Å²) in [6.45, 7) is 2.22. The topological polar surface area (TPSA) is 64.9 Å². The molecule has 1 aromatic carbocycles. The van der Waals surface area contributed by atoms with Crippen molar-refractivity contribution in [2.75, 3.05) is 0 Å². The Balaban J connectivity index is 1.92. The van der Waals surface area contributed by atoms with Gasteiger partial charge in [-0.3, -0.25) is 0 Å². The molecule has 1 heterocycles. The number of benzene rings is 1. The van der Waals surface area contributed by atoms with Gasteiger partial charge in [-0.2, -0.15) is 4.98 Å². The average Bonchev–Trinajstić information content (AvgIpc) is 2.96. The lowest BCUT2D eigenvalue weighted by molar-refractivity contribution is 0.230. The van der Waals surface area contributed by atoms with Crippen LogP contribution in [0.4, 0.5) is 4.39 Å².